The Labute approximate surface area is 168 Å². The van der Waals surface area contributed by atoms with Gasteiger partial charge in [0.15, 0.2) is 0 Å². The zero-order valence-corrected chi connectivity index (χ0v) is 15.2. The first-order chi connectivity index (χ1) is 13.8. The molecule has 0 radical (unpaired) electrons. The first kappa shape index (κ1) is 30.6. The van der Waals surface area contributed by atoms with Crippen molar-refractivity contribution in [2.45, 2.75) is 79.7 Å². The Morgan fingerprint density at radius 1 is 0.438 bits per heavy atom. The summed E-state index contributed by atoms with van der Waals surface area (Å²) in [5.41, 5.74) is 0. The molecule has 0 spiro atoms. The van der Waals surface area contributed by atoms with E-state index < -0.39 is 66.9 Å². The molecule has 192 valence electrons. The fraction of sp³-hybridized carbons (Fsp3) is 0.867. The maximum Gasteiger partial charge on any atom is 0.460 e. The van der Waals surface area contributed by atoms with Crippen LogP contribution in [0.15, 0.2) is 12.7 Å². The highest BCUT2D eigenvalue weighted by Gasteiger charge is 2.95. The van der Waals surface area contributed by atoms with Gasteiger partial charge in [-0.2, -0.15) is 74.6 Å². The van der Waals surface area contributed by atoms with E-state index in [1.54, 1.807) is 0 Å². The van der Waals surface area contributed by atoms with E-state index in [0.717, 1.165) is 0 Å². The van der Waals surface area contributed by atoms with Crippen LogP contribution in [0.1, 0.15) is 32.1 Å². The van der Waals surface area contributed by atoms with Crippen LogP contribution in [0.25, 0.3) is 0 Å². The fourth-order valence-corrected chi connectivity index (χ4v) is 2.17. The summed E-state index contributed by atoms with van der Waals surface area (Å²) in [5.74, 6) is -55.8. The number of hydrogen-bond donors (Lipinski definition) is 0. The van der Waals surface area contributed by atoms with Crippen LogP contribution in [0.4, 0.5) is 74.6 Å². The summed E-state index contributed by atoms with van der Waals surface area (Å²) in [6.07, 6.45) is -10.4. The lowest BCUT2D eigenvalue weighted by Gasteiger charge is -2.42. The van der Waals surface area contributed by atoms with Crippen LogP contribution < -0.4 is 0 Å². The minimum absolute atomic E-state index is 0.0471. The normalized spacial score (nSPS) is 15.8. The Hall–Kier alpha value is -1.45. The topological polar surface area (TPSA) is 0 Å². The molecule has 0 nitrogen and oxygen atoms in total. The summed E-state index contributed by atoms with van der Waals surface area (Å²) >= 11 is 0. The molecule has 0 aromatic heterocycles. The molecule has 0 amide bonds. The molecule has 0 aromatic carbocycles. The van der Waals surface area contributed by atoms with Gasteiger partial charge in [0.2, 0.25) is 0 Å². The average molecular weight is 516 g/mol. The smallest absolute Gasteiger partial charge is 0.200 e. The lowest BCUT2D eigenvalue weighted by atomic mass is 9.88. The molecule has 0 rings (SSSR count). The Balaban J connectivity index is 6.27. The van der Waals surface area contributed by atoms with Crippen molar-refractivity contribution in [3.05, 3.63) is 12.7 Å². The molecule has 0 saturated heterocycles. The number of allylic oxidation sites excluding steroid dienone is 1. The molecule has 0 aliphatic carbocycles. The molecule has 0 saturated carbocycles. The van der Waals surface area contributed by atoms with Crippen molar-refractivity contribution >= 4 is 0 Å². The summed E-state index contributed by atoms with van der Waals surface area (Å²) in [6, 6.07) is 0. The van der Waals surface area contributed by atoms with E-state index in [1.807, 2.05) is 0 Å². The first-order valence-electron chi connectivity index (χ1n) is 8.13. The van der Waals surface area contributed by atoms with E-state index in [0.29, 0.717) is 0 Å². The summed E-state index contributed by atoms with van der Waals surface area (Å²) in [4.78, 5) is 0. The van der Waals surface area contributed by atoms with Gasteiger partial charge in [-0.25, -0.2) is 0 Å². The van der Waals surface area contributed by atoms with Gasteiger partial charge in [0, 0.05) is 6.42 Å². The van der Waals surface area contributed by atoms with E-state index in [4.69, 9.17) is 0 Å². The molecule has 0 bridgehead atoms. The Morgan fingerprint density at radius 3 is 1.12 bits per heavy atom. The van der Waals surface area contributed by atoms with Crippen molar-refractivity contribution in [1.82, 2.24) is 0 Å². The number of rotatable bonds is 12. The van der Waals surface area contributed by atoms with Crippen LogP contribution in [0.5, 0.6) is 0 Å². The minimum Gasteiger partial charge on any atom is -0.200 e. The SMILES string of the molecule is C=CCCCCCC(F)(F)C(F)(F)C(F)(F)C(F)(F)C(F)(F)C(F)(F)C(F)(F)C(F)(F)F. The number of hydrogen-bond acceptors (Lipinski definition) is 0. The van der Waals surface area contributed by atoms with Crippen molar-refractivity contribution in [2.75, 3.05) is 0 Å². The van der Waals surface area contributed by atoms with Gasteiger partial charge in [-0.3, -0.25) is 0 Å². The molecule has 0 heterocycles. The van der Waals surface area contributed by atoms with Gasteiger partial charge in [-0.1, -0.05) is 12.5 Å². The van der Waals surface area contributed by atoms with Gasteiger partial charge in [-0.15, -0.1) is 6.58 Å². The first-order valence-corrected chi connectivity index (χ1v) is 8.13. The molecule has 0 aliphatic rings. The van der Waals surface area contributed by atoms with Crippen LogP contribution in [0, 0.1) is 0 Å². The lowest BCUT2D eigenvalue weighted by Crippen LogP contribution is -2.74. The Morgan fingerprint density at radius 2 is 0.781 bits per heavy atom. The highest BCUT2D eigenvalue weighted by Crippen LogP contribution is 2.64. The zero-order chi connectivity index (χ0) is 26.2. The predicted octanol–water partition coefficient (Wildman–Crippen LogP) is 8.13. The van der Waals surface area contributed by atoms with Gasteiger partial charge in [0.1, 0.15) is 0 Å². The lowest BCUT2D eigenvalue weighted by molar-refractivity contribution is -0.461. The van der Waals surface area contributed by atoms with Gasteiger partial charge in [0.05, 0.1) is 0 Å². The van der Waals surface area contributed by atoms with Crippen LogP contribution in [0.2, 0.25) is 0 Å². The molecular weight excluding hydrogens is 503 g/mol. The van der Waals surface area contributed by atoms with Gasteiger partial charge in [0.25, 0.3) is 0 Å². The van der Waals surface area contributed by atoms with Crippen LogP contribution in [-0.4, -0.2) is 47.6 Å². The third-order valence-electron chi connectivity index (χ3n) is 4.19. The highest BCUT2D eigenvalue weighted by atomic mass is 19.4. The van der Waals surface area contributed by atoms with E-state index in [1.165, 1.54) is 6.08 Å². The Kier molecular flexibility index (Phi) is 8.33. The number of halogens is 17. The summed E-state index contributed by atoms with van der Waals surface area (Å²) < 4.78 is 221. The largest absolute Gasteiger partial charge is 0.460 e. The molecule has 0 N–H and O–H groups in total. The van der Waals surface area contributed by atoms with Crippen molar-refractivity contribution in [2.24, 2.45) is 0 Å². The fourth-order valence-electron chi connectivity index (χ4n) is 2.17. The molecule has 0 aromatic rings. The van der Waals surface area contributed by atoms with Crippen molar-refractivity contribution in [3.63, 3.8) is 0 Å². The predicted molar refractivity (Wildman–Crippen MR) is 74.0 cm³/mol. The molecule has 17 heteroatoms. The van der Waals surface area contributed by atoms with E-state index >= 15 is 0 Å². The van der Waals surface area contributed by atoms with E-state index in [-0.39, 0.29) is 12.8 Å². The molecule has 0 unspecified atom stereocenters. The van der Waals surface area contributed by atoms with Crippen LogP contribution in [0.3, 0.4) is 0 Å². The van der Waals surface area contributed by atoms with Gasteiger partial charge < -0.3 is 0 Å². The van der Waals surface area contributed by atoms with Crippen LogP contribution in [-0.2, 0) is 0 Å². The van der Waals surface area contributed by atoms with Crippen molar-refractivity contribution in [3.8, 4) is 0 Å². The van der Waals surface area contributed by atoms with Crippen molar-refractivity contribution in [1.29, 1.82) is 0 Å². The third kappa shape index (κ3) is 4.48. The van der Waals surface area contributed by atoms with Gasteiger partial charge in [-0.05, 0) is 19.3 Å². The molecule has 32 heavy (non-hydrogen) atoms. The molecule has 0 atom stereocenters. The second-order valence-corrected chi connectivity index (χ2v) is 6.54. The summed E-state index contributed by atoms with van der Waals surface area (Å²) in [6.45, 7) is 3.17. The van der Waals surface area contributed by atoms with Crippen LogP contribution >= 0.6 is 0 Å². The standard InChI is InChI=1S/C15H13F17/c1-2-3-4-5-6-7-8(16,17)9(18,19)10(20,21)11(22,23)12(24,25)13(26,27)14(28,29)15(30,31)32/h2H,1,3-7H2. The minimum atomic E-state index is -8.58. The quantitative estimate of drug-likeness (QED) is 0.140. The molecular formula is C15H13F17. The second kappa shape index (κ2) is 8.72. The maximum atomic E-state index is 13.5. The third-order valence-corrected chi connectivity index (χ3v) is 4.19. The monoisotopic (exact) mass is 516 g/mol. The highest BCUT2D eigenvalue weighted by molar-refractivity contribution is 5.15. The Bertz CT molecular complexity index is 643. The summed E-state index contributed by atoms with van der Waals surface area (Å²) in [5, 5.41) is 0. The molecule has 0 aliphatic heterocycles. The van der Waals surface area contributed by atoms with Gasteiger partial charge >= 0.3 is 47.6 Å². The number of unbranched alkanes of at least 4 members (excludes halogenated alkanes) is 3. The average Bonchev–Trinajstić information content (AvgIpc) is 2.59. The van der Waals surface area contributed by atoms with E-state index in [2.05, 4.69) is 6.58 Å². The van der Waals surface area contributed by atoms with E-state index in [9.17, 15) is 74.6 Å². The van der Waals surface area contributed by atoms with Crippen molar-refractivity contribution < 1.29 is 74.6 Å². The number of alkyl halides is 17. The molecule has 0 fully saturated rings. The zero-order valence-electron chi connectivity index (χ0n) is 15.2. The maximum absolute atomic E-state index is 13.5. The summed E-state index contributed by atoms with van der Waals surface area (Å²) in [7, 11) is 0. The second-order valence-electron chi connectivity index (χ2n) is 6.54.